The second kappa shape index (κ2) is 5.28. The normalized spacial score (nSPS) is 11.7. The molecule has 0 aromatic carbocycles. The minimum atomic E-state index is 1.16. The summed E-state index contributed by atoms with van der Waals surface area (Å²) in [6, 6.07) is 0. The summed E-state index contributed by atoms with van der Waals surface area (Å²) in [5, 5.41) is 0. The number of hydrogen-bond acceptors (Lipinski definition) is 0. The average molecular weight is 138 g/mol. The molecule has 0 unspecified atom stereocenters. The molecule has 0 nitrogen and oxygen atoms in total. The summed E-state index contributed by atoms with van der Waals surface area (Å²) in [6.45, 7) is 10.3. The van der Waals surface area contributed by atoms with Crippen molar-refractivity contribution in [3.05, 3.63) is 23.8 Å². The smallest absolute Gasteiger partial charge is 0.0320 e. The standard InChI is InChI=1S/C10H18/c1-5-6-7-10(4)8-9(2)3/h8H,2,5-7H2,1,3-4H3. The molecule has 0 fully saturated rings. The SMILES string of the molecule is C=C(C)C=C(C)CCCC. The first-order valence-corrected chi connectivity index (χ1v) is 3.99. The van der Waals surface area contributed by atoms with E-state index in [1.165, 1.54) is 24.8 Å². The molecule has 0 atom stereocenters. The maximum Gasteiger partial charge on any atom is -0.0320 e. The lowest BCUT2D eigenvalue weighted by Gasteiger charge is -1.97. The van der Waals surface area contributed by atoms with Gasteiger partial charge in [-0.3, -0.25) is 0 Å². The molecule has 0 aliphatic heterocycles. The van der Waals surface area contributed by atoms with Crippen LogP contribution in [-0.4, -0.2) is 0 Å². The van der Waals surface area contributed by atoms with E-state index in [4.69, 9.17) is 0 Å². The van der Waals surface area contributed by atoms with Gasteiger partial charge in [0.15, 0.2) is 0 Å². The lowest BCUT2D eigenvalue weighted by Crippen LogP contribution is -1.77. The van der Waals surface area contributed by atoms with Gasteiger partial charge in [0, 0.05) is 0 Å². The first-order valence-electron chi connectivity index (χ1n) is 3.99. The van der Waals surface area contributed by atoms with Crippen LogP contribution in [0.1, 0.15) is 40.0 Å². The van der Waals surface area contributed by atoms with Crippen molar-refractivity contribution in [2.45, 2.75) is 40.0 Å². The molecule has 0 aromatic heterocycles. The van der Waals surface area contributed by atoms with Gasteiger partial charge in [0.25, 0.3) is 0 Å². The van der Waals surface area contributed by atoms with Crippen molar-refractivity contribution >= 4 is 0 Å². The number of allylic oxidation sites excluding steroid dienone is 3. The average Bonchev–Trinajstić information content (AvgIpc) is 1.82. The molecule has 58 valence electrons. The van der Waals surface area contributed by atoms with Crippen LogP contribution in [0.2, 0.25) is 0 Å². The zero-order valence-electron chi connectivity index (χ0n) is 7.41. The Kier molecular flexibility index (Phi) is 5.00. The lowest BCUT2D eigenvalue weighted by atomic mass is 10.1. The summed E-state index contributed by atoms with van der Waals surface area (Å²) < 4.78 is 0. The van der Waals surface area contributed by atoms with E-state index in [-0.39, 0.29) is 0 Å². The van der Waals surface area contributed by atoms with Crippen molar-refractivity contribution in [3.63, 3.8) is 0 Å². The lowest BCUT2D eigenvalue weighted by molar-refractivity contribution is 0.787. The third-order valence-corrected chi connectivity index (χ3v) is 1.42. The third-order valence-electron chi connectivity index (χ3n) is 1.42. The van der Waals surface area contributed by atoms with Crippen molar-refractivity contribution in [2.75, 3.05) is 0 Å². The van der Waals surface area contributed by atoms with E-state index in [1.807, 2.05) is 6.92 Å². The molecule has 0 aliphatic rings. The molecule has 0 heterocycles. The molecular formula is C10H18. The van der Waals surface area contributed by atoms with Crippen LogP contribution in [0.5, 0.6) is 0 Å². The summed E-state index contributed by atoms with van der Waals surface area (Å²) in [5.41, 5.74) is 2.61. The zero-order chi connectivity index (χ0) is 7.98. The second-order valence-electron chi connectivity index (χ2n) is 2.94. The van der Waals surface area contributed by atoms with E-state index in [0.29, 0.717) is 0 Å². The van der Waals surface area contributed by atoms with Crippen LogP contribution in [0.4, 0.5) is 0 Å². The van der Waals surface area contributed by atoms with Crippen molar-refractivity contribution in [2.24, 2.45) is 0 Å². The van der Waals surface area contributed by atoms with Gasteiger partial charge in [-0.15, -0.1) is 0 Å². The van der Waals surface area contributed by atoms with Crippen LogP contribution in [0.15, 0.2) is 23.8 Å². The van der Waals surface area contributed by atoms with Gasteiger partial charge in [0.2, 0.25) is 0 Å². The predicted octanol–water partition coefficient (Wildman–Crippen LogP) is 3.70. The second-order valence-corrected chi connectivity index (χ2v) is 2.94. The van der Waals surface area contributed by atoms with Crippen LogP contribution in [0.3, 0.4) is 0 Å². The molecule has 0 rings (SSSR count). The molecule has 0 aromatic rings. The molecule has 0 radical (unpaired) electrons. The molecule has 0 saturated heterocycles. The topological polar surface area (TPSA) is 0 Å². The summed E-state index contributed by atoms with van der Waals surface area (Å²) in [4.78, 5) is 0. The van der Waals surface area contributed by atoms with E-state index in [1.54, 1.807) is 0 Å². The van der Waals surface area contributed by atoms with Gasteiger partial charge < -0.3 is 0 Å². The Hall–Kier alpha value is -0.520. The van der Waals surface area contributed by atoms with E-state index in [2.05, 4.69) is 26.5 Å². The fourth-order valence-electron chi connectivity index (χ4n) is 0.948. The van der Waals surface area contributed by atoms with Crippen LogP contribution in [-0.2, 0) is 0 Å². The summed E-state index contributed by atoms with van der Waals surface area (Å²) >= 11 is 0. The zero-order valence-corrected chi connectivity index (χ0v) is 7.41. The first kappa shape index (κ1) is 9.48. The highest BCUT2D eigenvalue weighted by Crippen LogP contribution is 2.07. The highest BCUT2D eigenvalue weighted by molar-refractivity contribution is 5.16. The molecule has 0 spiro atoms. The monoisotopic (exact) mass is 138 g/mol. The summed E-state index contributed by atoms with van der Waals surface area (Å²) in [7, 11) is 0. The van der Waals surface area contributed by atoms with Gasteiger partial charge in [-0.1, -0.05) is 37.1 Å². The van der Waals surface area contributed by atoms with E-state index in [9.17, 15) is 0 Å². The summed E-state index contributed by atoms with van der Waals surface area (Å²) in [6.07, 6.45) is 5.97. The van der Waals surface area contributed by atoms with Gasteiger partial charge in [-0.2, -0.15) is 0 Å². The summed E-state index contributed by atoms with van der Waals surface area (Å²) in [5.74, 6) is 0. The Balaban J connectivity index is 3.60. The largest absolute Gasteiger partial charge is 0.0961 e. The Labute approximate surface area is 64.6 Å². The van der Waals surface area contributed by atoms with Crippen molar-refractivity contribution in [1.82, 2.24) is 0 Å². The fourth-order valence-corrected chi connectivity index (χ4v) is 0.948. The van der Waals surface area contributed by atoms with Gasteiger partial charge >= 0.3 is 0 Å². The number of rotatable bonds is 4. The van der Waals surface area contributed by atoms with Crippen LogP contribution in [0, 0.1) is 0 Å². The Bertz CT molecular complexity index is 129. The molecule has 0 saturated carbocycles. The van der Waals surface area contributed by atoms with E-state index in [0.717, 1.165) is 5.57 Å². The maximum absolute atomic E-state index is 3.83. The van der Waals surface area contributed by atoms with E-state index < -0.39 is 0 Å². The Morgan fingerprint density at radius 1 is 1.40 bits per heavy atom. The predicted molar refractivity (Wildman–Crippen MR) is 48.1 cm³/mol. The molecule has 0 N–H and O–H groups in total. The van der Waals surface area contributed by atoms with Gasteiger partial charge in [-0.05, 0) is 26.7 Å². The van der Waals surface area contributed by atoms with Gasteiger partial charge in [0.05, 0.1) is 0 Å². The molecule has 0 amide bonds. The number of unbranched alkanes of at least 4 members (excludes halogenated alkanes) is 1. The molecule has 0 aliphatic carbocycles. The minimum absolute atomic E-state index is 1.16. The molecular weight excluding hydrogens is 120 g/mol. The quantitative estimate of drug-likeness (QED) is 0.520. The third kappa shape index (κ3) is 5.61. The van der Waals surface area contributed by atoms with Crippen molar-refractivity contribution < 1.29 is 0 Å². The molecule has 0 heteroatoms. The Morgan fingerprint density at radius 2 is 2.00 bits per heavy atom. The van der Waals surface area contributed by atoms with Crippen LogP contribution >= 0.6 is 0 Å². The highest BCUT2D eigenvalue weighted by atomic mass is 13.9. The van der Waals surface area contributed by atoms with Crippen LogP contribution in [0.25, 0.3) is 0 Å². The fraction of sp³-hybridized carbons (Fsp3) is 0.600. The number of hydrogen-bond donors (Lipinski definition) is 0. The van der Waals surface area contributed by atoms with Crippen molar-refractivity contribution in [3.8, 4) is 0 Å². The van der Waals surface area contributed by atoms with Gasteiger partial charge in [-0.25, -0.2) is 0 Å². The van der Waals surface area contributed by atoms with E-state index >= 15 is 0 Å². The highest BCUT2D eigenvalue weighted by Gasteiger charge is 1.87. The Morgan fingerprint density at radius 3 is 2.40 bits per heavy atom. The first-order chi connectivity index (χ1) is 4.66. The molecule has 0 bridgehead atoms. The molecule has 10 heavy (non-hydrogen) atoms. The maximum atomic E-state index is 3.83. The van der Waals surface area contributed by atoms with Crippen LogP contribution < -0.4 is 0 Å². The van der Waals surface area contributed by atoms with Gasteiger partial charge in [0.1, 0.15) is 0 Å². The van der Waals surface area contributed by atoms with Crippen molar-refractivity contribution in [1.29, 1.82) is 0 Å². The minimum Gasteiger partial charge on any atom is -0.0961 e.